The highest BCUT2D eigenvalue weighted by Gasteiger charge is 2.23. The summed E-state index contributed by atoms with van der Waals surface area (Å²) >= 11 is 0. The Morgan fingerprint density at radius 1 is 0.407 bits per heavy atom. The number of nitrogens with zero attached hydrogens (tertiary/aromatic N) is 14. The number of nitrogens with one attached hydrogen (secondary N) is 3. The van der Waals surface area contributed by atoms with Gasteiger partial charge in [-0.05, 0) is 199 Å². The highest BCUT2D eigenvalue weighted by atomic mass is 16.3. The Bertz CT molecular complexity index is 7250. The van der Waals surface area contributed by atoms with E-state index in [1.807, 2.05) is 145 Å². The number of nitrogens with two attached hydrogens (primary N) is 4. The summed E-state index contributed by atoms with van der Waals surface area (Å²) in [6.45, 7) is 28.5. The second-order valence-electron chi connectivity index (χ2n) is 37.3. The molecule has 7 aromatic heterocycles. The zero-order valence-corrected chi connectivity index (χ0v) is 86.6. The third-order valence-electron chi connectivity index (χ3n) is 27.2. The Hall–Kier alpha value is -15.9. The first-order chi connectivity index (χ1) is 72.9. The average Bonchev–Trinajstić information content (AvgIpc) is 1.40. The van der Waals surface area contributed by atoms with Crippen LogP contribution in [-0.4, -0.2) is 247 Å². The number of benzene rings is 8. The van der Waals surface area contributed by atoms with Crippen molar-refractivity contribution in [2.45, 2.75) is 157 Å². The molecule has 5 atom stereocenters. The zero-order chi connectivity index (χ0) is 106. The fourth-order valence-electron chi connectivity index (χ4n) is 17.9. The molecule has 0 amide bonds. The van der Waals surface area contributed by atoms with Gasteiger partial charge in [-0.25, -0.2) is 19.9 Å². The molecular formula is C121H133N21O8. The minimum atomic E-state index is -0.513. The Balaban J connectivity index is 0.000000158. The van der Waals surface area contributed by atoms with Crippen LogP contribution >= 0.6 is 0 Å². The van der Waals surface area contributed by atoms with E-state index in [0.29, 0.717) is 158 Å². The zero-order valence-electron chi connectivity index (χ0n) is 86.6. The number of carbonyl (C=O) groups is 4. The Kier molecular flexibility index (Phi) is 40.0. The monoisotopic (exact) mass is 2010 g/mol. The third kappa shape index (κ3) is 30.5. The standard InChI is InChI=1S/C33H39N7O2.C30H32N4O2.2C29H31N5O2/c1-3-39(4-2)21-28(41)14-16-32(42)24-10-7-23(8-11-24)9-15-29-30-18-25(12-13-26(30)19-36-33(29)34)31-22-40(38-37-31)20-27-6-5-17-35-27;1-3-34(4-2)20-26(35)12-14-29(36)22-8-5-21(6-9-22)7-13-27-28-17-23(24-15-16-32-18-24)10-11-25(28)19-33-30(27)31;1-3-34(4-2)19-25(35)12-14-28(36)21-8-5-20(6-9-21)7-13-26-27-15-22(24-17-32-33-18-24)10-11-23(27)16-31-29(26)30;1-3-34(4-2)19-24(35)12-14-28(36)21-8-5-20(6-9-21)7-13-25-26-17-22(27-15-16-32-33-27)10-11-23(26)18-31-29(25)30/h7-8,10-13,18-19,22,27-28,35,41H,3-6,14,16-17,20-21H2,1-2H3,(H2,34,36);5-6,8-11,15-17,19,26,35H,3-4,12,14,18,20H2,1-2H3,(H2,31,33);5-6,8-11,15-18,25,35H,3-4,12,14,19H2,1-2H3,(H2,30,31)(H,32,33);5-6,8-11,15-18,24,35H,3-4,12,14,19H2,1-2H3,(H2,30,31)(H,32,33). The molecule has 5 unspecified atom stereocenters. The highest BCUT2D eigenvalue weighted by Crippen LogP contribution is 2.34. The molecule has 770 valence electrons. The topological polar surface area (TPSA) is 430 Å². The van der Waals surface area contributed by atoms with Gasteiger partial charge < -0.3 is 68.3 Å². The molecule has 15 N–H and O–H groups in total. The van der Waals surface area contributed by atoms with E-state index >= 15 is 0 Å². The number of pyridine rings is 4. The first kappa shape index (κ1) is 110. The number of aliphatic hydroxyl groups is 4. The van der Waals surface area contributed by atoms with Crippen molar-refractivity contribution in [3.63, 3.8) is 0 Å². The maximum Gasteiger partial charge on any atom is 0.162 e. The van der Waals surface area contributed by atoms with E-state index in [1.165, 1.54) is 6.42 Å². The molecular weight excluding hydrogens is 1880 g/mol. The van der Waals surface area contributed by atoms with Gasteiger partial charge in [0.2, 0.25) is 0 Å². The molecule has 1 saturated heterocycles. The van der Waals surface area contributed by atoms with Gasteiger partial charge in [0.15, 0.2) is 23.1 Å². The van der Waals surface area contributed by atoms with Crippen LogP contribution in [0.5, 0.6) is 0 Å². The number of allylic oxidation sites excluding steroid dienone is 1. The first-order valence-corrected chi connectivity index (χ1v) is 51.7. The number of fused-ring (bicyclic) bond motifs is 4. The summed E-state index contributed by atoms with van der Waals surface area (Å²) in [5.74, 6) is 27.0. The van der Waals surface area contributed by atoms with E-state index in [-0.39, 0.29) is 23.1 Å². The van der Waals surface area contributed by atoms with Gasteiger partial charge in [0, 0.05) is 206 Å². The van der Waals surface area contributed by atoms with Crippen LogP contribution in [0.2, 0.25) is 0 Å². The molecule has 1 fully saturated rings. The molecule has 0 saturated carbocycles. The van der Waals surface area contributed by atoms with E-state index in [9.17, 15) is 39.6 Å². The SMILES string of the molecule is CCN(CC)CC(O)CCC(=O)c1ccc(C#Cc2c(N)ncc3ccc(-c4ccn[nH]4)cc23)cc1.CCN(CC)CC(O)CCC(=O)c1ccc(C#Cc2c(N)ncc3ccc(-c4cn(CC5CCCN5)nn4)cc23)cc1.CCN(CC)CC(O)CCC(=O)c1ccc(C#Cc2c(N)ncc3ccc(-c4cn[nH]c4)cc23)cc1.CCN(CC)CC(O)CCC(=O)c1ccc(C#Cc2c(N)ncc3ccc(C4=CC=NC4)cc23)cc1. The van der Waals surface area contributed by atoms with Gasteiger partial charge in [-0.15, -0.1) is 5.10 Å². The van der Waals surface area contributed by atoms with Crippen LogP contribution in [0.1, 0.15) is 211 Å². The van der Waals surface area contributed by atoms with Crippen molar-refractivity contribution in [1.29, 1.82) is 0 Å². The van der Waals surface area contributed by atoms with Crippen LogP contribution in [0.25, 0.3) is 82.3 Å². The summed E-state index contributed by atoms with van der Waals surface area (Å²) in [5, 5.41) is 74.6. The van der Waals surface area contributed by atoms with E-state index in [1.54, 1.807) is 85.7 Å². The van der Waals surface area contributed by atoms with E-state index in [4.69, 9.17) is 22.9 Å². The van der Waals surface area contributed by atoms with Gasteiger partial charge in [0.25, 0.3) is 0 Å². The highest BCUT2D eigenvalue weighted by molar-refractivity contribution is 6.01. The van der Waals surface area contributed by atoms with Crippen molar-refractivity contribution >= 4 is 101 Å². The van der Waals surface area contributed by atoms with Crippen LogP contribution in [-0.2, 0) is 6.54 Å². The molecule has 15 aromatic rings. The average molecular weight is 2010 g/mol. The maximum atomic E-state index is 12.7. The normalized spacial score (nSPS) is 13.3. The van der Waals surface area contributed by atoms with Crippen LogP contribution in [0.3, 0.4) is 0 Å². The molecule has 0 radical (unpaired) electrons. The van der Waals surface area contributed by atoms with Crippen LogP contribution in [0.15, 0.2) is 237 Å². The smallest absolute Gasteiger partial charge is 0.162 e. The van der Waals surface area contributed by atoms with Crippen molar-refractivity contribution in [3.05, 3.63) is 304 Å². The summed E-state index contributed by atoms with van der Waals surface area (Å²) < 4.78 is 1.90. The summed E-state index contributed by atoms with van der Waals surface area (Å²) in [6, 6.07) is 55.6. The van der Waals surface area contributed by atoms with Gasteiger partial charge in [0.1, 0.15) is 29.0 Å². The Morgan fingerprint density at radius 3 is 1.08 bits per heavy atom. The predicted octanol–water partition coefficient (Wildman–Crippen LogP) is 16.8. The largest absolute Gasteiger partial charge is 0.392 e. The quantitative estimate of drug-likeness (QED) is 0.0126. The number of nitrogen functional groups attached to an aromatic ring is 4. The molecule has 0 spiro atoms. The molecule has 2 aliphatic rings. The lowest BCUT2D eigenvalue weighted by molar-refractivity contribution is 0.0874. The number of carbonyl (C=O) groups excluding carboxylic acids is 4. The number of likely N-dealkylation sites (N-methyl/N-ethyl adjacent to an activating group) is 4. The van der Waals surface area contributed by atoms with Crippen molar-refractivity contribution in [1.82, 2.24) is 80.2 Å². The Labute approximate surface area is 877 Å². The summed E-state index contributed by atoms with van der Waals surface area (Å²) in [5.41, 5.74) is 41.0. The predicted molar refractivity (Wildman–Crippen MR) is 600 cm³/mol. The molecule has 8 aromatic carbocycles. The van der Waals surface area contributed by atoms with E-state index < -0.39 is 24.4 Å². The lowest BCUT2D eigenvalue weighted by Crippen LogP contribution is -2.32. The maximum absolute atomic E-state index is 12.7. The summed E-state index contributed by atoms with van der Waals surface area (Å²) in [4.78, 5) is 80.6. The second kappa shape index (κ2) is 54.7. The number of aliphatic hydroxyl groups excluding tert-OH is 4. The second-order valence-corrected chi connectivity index (χ2v) is 37.3. The molecule has 150 heavy (non-hydrogen) atoms. The Morgan fingerprint density at radius 2 is 0.753 bits per heavy atom. The van der Waals surface area contributed by atoms with Crippen molar-refractivity contribution < 1.29 is 39.6 Å². The number of ketones is 4. The van der Waals surface area contributed by atoms with Crippen molar-refractivity contribution in [2.75, 3.05) is 115 Å². The van der Waals surface area contributed by atoms with Crippen LogP contribution < -0.4 is 28.3 Å². The number of rotatable bonds is 38. The van der Waals surface area contributed by atoms with Crippen molar-refractivity contribution in [3.8, 4) is 81.0 Å². The minimum Gasteiger partial charge on any atom is -0.392 e. The number of aliphatic imine (C=N–C) groups is 1. The van der Waals surface area contributed by atoms with E-state index in [0.717, 1.165) is 182 Å². The van der Waals surface area contributed by atoms with Gasteiger partial charge >= 0.3 is 0 Å². The van der Waals surface area contributed by atoms with Crippen LogP contribution in [0, 0.1) is 47.4 Å². The first-order valence-electron chi connectivity index (χ1n) is 51.7. The fraction of sp³-hybridized carbons (Fsp3) is 0.314. The summed E-state index contributed by atoms with van der Waals surface area (Å²) in [7, 11) is 0. The summed E-state index contributed by atoms with van der Waals surface area (Å²) in [6.07, 6.45) is 21.5. The number of H-pyrrole nitrogens is 2. The number of aromatic amines is 2. The minimum absolute atomic E-state index is 0.0135. The number of hydrogen-bond donors (Lipinski definition) is 11. The van der Waals surface area contributed by atoms with Gasteiger partial charge in [0.05, 0.1) is 77.8 Å². The molecule has 9 heterocycles. The van der Waals surface area contributed by atoms with Crippen molar-refractivity contribution in [2.24, 2.45) is 4.99 Å². The number of aromatic nitrogens is 11. The molecule has 0 aliphatic carbocycles. The van der Waals surface area contributed by atoms with Crippen LogP contribution in [0.4, 0.5) is 23.3 Å². The van der Waals surface area contributed by atoms with E-state index in [2.05, 4.69) is 195 Å². The number of hydrogen-bond acceptors (Lipinski definition) is 26. The van der Waals surface area contributed by atoms with Gasteiger partial charge in [-0.2, -0.15) is 10.2 Å². The fourth-order valence-corrected chi connectivity index (χ4v) is 17.9. The van der Waals surface area contributed by atoms with Gasteiger partial charge in [-0.1, -0.05) is 205 Å². The number of Topliss-reactive ketones (excluding diaryl/α,β-unsaturated/α-hetero) is 4. The third-order valence-corrected chi connectivity index (χ3v) is 27.2. The molecule has 0 bridgehead atoms. The lowest BCUT2D eigenvalue weighted by atomic mass is 9.99. The molecule has 2 aliphatic heterocycles. The van der Waals surface area contributed by atoms with Gasteiger partial charge in [-0.3, -0.25) is 39.0 Å². The molecule has 29 heteroatoms. The molecule has 17 rings (SSSR count). The lowest BCUT2D eigenvalue weighted by Gasteiger charge is -2.21. The molecule has 29 nitrogen and oxygen atoms in total. The number of anilines is 4.